The molecule has 0 spiro atoms. The largest absolute Gasteiger partial charge is 0.586 e. The van der Waals surface area contributed by atoms with E-state index in [1.54, 1.807) is 21.9 Å². The van der Waals surface area contributed by atoms with Crippen LogP contribution in [0, 0.1) is 11.6 Å². The van der Waals surface area contributed by atoms with Gasteiger partial charge in [-0.05, 0) is 30.3 Å². The van der Waals surface area contributed by atoms with Crippen molar-refractivity contribution in [1.82, 2.24) is 20.2 Å². The van der Waals surface area contributed by atoms with Gasteiger partial charge in [-0.15, -0.1) is 8.78 Å². The SMILES string of the molecule is CCN[C@H](CC(=O)N1CCN(c2nc(N)c3cc4c(c(F)c3n2)OC(F)(F)O4)CC1)c1ccc(F)cc1. The summed E-state index contributed by atoms with van der Waals surface area (Å²) in [6.45, 7) is 3.98. The Balaban J connectivity index is 1.29. The minimum Gasteiger partial charge on any atom is -0.395 e. The van der Waals surface area contributed by atoms with Crippen molar-refractivity contribution in [3.63, 3.8) is 0 Å². The van der Waals surface area contributed by atoms with Gasteiger partial charge in [-0.1, -0.05) is 19.1 Å². The van der Waals surface area contributed by atoms with Gasteiger partial charge in [0.05, 0.1) is 0 Å². The van der Waals surface area contributed by atoms with Crippen molar-refractivity contribution in [3.8, 4) is 11.5 Å². The van der Waals surface area contributed by atoms with Crippen molar-refractivity contribution in [3.05, 3.63) is 47.5 Å². The van der Waals surface area contributed by atoms with Gasteiger partial charge in [0.15, 0.2) is 11.6 Å². The minimum atomic E-state index is -3.99. The lowest BCUT2D eigenvalue weighted by Crippen LogP contribution is -2.49. The molecule has 1 saturated heterocycles. The number of nitrogen functional groups attached to an aromatic ring is 1. The summed E-state index contributed by atoms with van der Waals surface area (Å²) in [4.78, 5) is 24.9. The second-order valence-corrected chi connectivity index (χ2v) is 8.72. The van der Waals surface area contributed by atoms with Crippen molar-refractivity contribution < 1.29 is 31.8 Å². The van der Waals surface area contributed by atoms with Gasteiger partial charge in [0, 0.05) is 44.0 Å². The van der Waals surface area contributed by atoms with Gasteiger partial charge in [0.1, 0.15) is 17.2 Å². The van der Waals surface area contributed by atoms with E-state index in [1.165, 1.54) is 12.1 Å². The maximum absolute atomic E-state index is 15.0. The molecule has 5 rings (SSSR count). The molecule has 0 saturated carbocycles. The number of fused-ring (bicyclic) bond motifs is 2. The number of alkyl halides is 2. The van der Waals surface area contributed by atoms with Crippen LogP contribution in [-0.4, -0.2) is 59.8 Å². The summed E-state index contributed by atoms with van der Waals surface area (Å²) in [6, 6.07) is 6.89. The molecule has 0 radical (unpaired) electrons. The second kappa shape index (κ2) is 9.54. The van der Waals surface area contributed by atoms with Crippen LogP contribution in [0.4, 0.5) is 29.3 Å². The summed E-state index contributed by atoms with van der Waals surface area (Å²) >= 11 is 0. The van der Waals surface area contributed by atoms with Crippen molar-refractivity contribution in [1.29, 1.82) is 0 Å². The molecular formula is C24H24F4N6O3. The van der Waals surface area contributed by atoms with E-state index in [-0.39, 0.29) is 46.9 Å². The summed E-state index contributed by atoms with van der Waals surface area (Å²) in [5.74, 6) is -2.76. The number of hydrogen-bond donors (Lipinski definition) is 2. The predicted octanol–water partition coefficient (Wildman–Crippen LogP) is 3.20. The molecule has 0 unspecified atom stereocenters. The zero-order chi connectivity index (χ0) is 26.3. The van der Waals surface area contributed by atoms with Gasteiger partial charge >= 0.3 is 6.29 Å². The number of hydrogen-bond acceptors (Lipinski definition) is 8. The number of amides is 1. The summed E-state index contributed by atoms with van der Waals surface area (Å²) in [5, 5.41) is 3.28. The average molecular weight is 520 g/mol. The lowest BCUT2D eigenvalue weighted by atomic mass is 10.0. The predicted molar refractivity (Wildman–Crippen MR) is 126 cm³/mol. The molecule has 196 valence electrons. The van der Waals surface area contributed by atoms with E-state index in [4.69, 9.17) is 5.73 Å². The van der Waals surface area contributed by atoms with E-state index in [9.17, 15) is 22.4 Å². The van der Waals surface area contributed by atoms with E-state index in [2.05, 4.69) is 24.8 Å². The van der Waals surface area contributed by atoms with Crippen LogP contribution >= 0.6 is 0 Å². The van der Waals surface area contributed by atoms with Crippen LogP contribution in [-0.2, 0) is 4.79 Å². The third-order valence-corrected chi connectivity index (χ3v) is 6.34. The van der Waals surface area contributed by atoms with Gasteiger partial charge in [0.2, 0.25) is 17.6 Å². The fourth-order valence-corrected chi connectivity index (χ4v) is 4.49. The number of nitrogens with one attached hydrogen (secondary N) is 1. The molecule has 2 aliphatic rings. The topological polar surface area (TPSA) is 106 Å². The molecule has 9 nitrogen and oxygen atoms in total. The standard InChI is InChI=1S/C24H24F4N6O3/c1-2-30-16(13-3-5-14(25)6-4-13)12-18(35)33-7-9-34(10-8-33)23-31-20-15(22(29)32-23)11-17-21(19(20)26)37-24(27,28)36-17/h3-6,11,16,30H,2,7-10,12H2,1H3,(H2,29,31,32)/t16-/m1/s1. The zero-order valence-corrected chi connectivity index (χ0v) is 19.8. The number of halogens is 4. The first-order valence-electron chi connectivity index (χ1n) is 11.7. The Morgan fingerprint density at radius 3 is 2.51 bits per heavy atom. The molecule has 3 heterocycles. The van der Waals surface area contributed by atoms with Gasteiger partial charge < -0.3 is 30.3 Å². The fraction of sp³-hybridized carbons (Fsp3) is 0.375. The summed E-state index contributed by atoms with van der Waals surface area (Å²) in [5.41, 5.74) is 6.54. The second-order valence-electron chi connectivity index (χ2n) is 8.72. The van der Waals surface area contributed by atoms with Crippen molar-refractivity contribution in [2.45, 2.75) is 25.7 Å². The monoisotopic (exact) mass is 520 g/mol. The first kappa shape index (κ1) is 24.8. The lowest BCUT2D eigenvalue weighted by molar-refractivity contribution is -0.287. The highest BCUT2D eigenvalue weighted by Crippen LogP contribution is 2.46. The van der Waals surface area contributed by atoms with Crippen molar-refractivity contribution in [2.24, 2.45) is 0 Å². The van der Waals surface area contributed by atoms with Gasteiger partial charge in [-0.3, -0.25) is 4.79 Å². The first-order valence-corrected chi connectivity index (χ1v) is 11.7. The quantitative estimate of drug-likeness (QED) is 0.478. The molecule has 3 N–H and O–H groups in total. The number of carbonyl (C=O) groups is 1. The third kappa shape index (κ3) is 4.90. The number of anilines is 2. The van der Waals surface area contributed by atoms with Crippen LogP contribution in [0.2, 0.25) is 0 Å². The van der Waals surface area contributed by atoms with E-state index in [1.807, 2.05) is 6.92 Å². The Morgan fingerprint density at radius 1 is 1.14 bits per heavy atom. The van der Waals surface area contributed by atoms with Crippen LogP contribution < -0.4 is 25.4 Å². The smallest absolute Gasteiger partial charge is 0.395 e. The number of rotatable bonds is 6. The highest BCUT2D eigenvalue weighted by molar-refractivity contribution is 5.92. The van der Waals surface area contributed by atoms with Gasteiger partial charge in [-0.25, -0.2) is 13.8 Å². The third-order valence-electron chi connectivity index (χ3n) is 6.34. The molecule has 1 aromatic heterocycles. The van der Waals surface area contributed by atoms with E-state index < -0.39 is 23.6 Å². The molecule has 37 heavy (non-hydrogen) atoms. The van der Waals surface area contributed by atoms with Crippen LogP contribution in [0.3, 0.4) is 0 Å². The van der Waals surface area contributed by atoms with Crippen LogP contribution in [0.5, 0.6) is 11.5 Å². The van der Waals surface area contributed by atoms with Crippen molar-refractivity contribution >= 4 is 28.6 Å². The van der Waals surface area contributed by atoms with Crippen LogP contribution in [0.15, 0.2) is 30.3 Å². The Kier molecular flexibility index (Phi) is 6.40. The number of nitrogens with zero attached hydrogens (tertiary/aromatic N) is 4. The number of carbonyl (C=O) groups excluding carboxylic acids is 1. The zero-order valence-electron chi connectivity index (χ0n) is 19.8. The molecular weight excluding hydrogens is 496 g/mol. The molecule has 2 aromatic carbocycles. The number of ether oxygens (including phenoxy) is 2. The summed E-state index contributed by atoms with van der Waals surface area (Å²) < 4.78 is 63.7. The Bertz CT molecular complexity index is 1330. The number of aromatic nitrogens is 2. The van der Waals surface area contributed by atoms with E-state index in [0.29, 0.717) is 32.7 Å². The van der Waals surface area contributed by atoms with Gasteiger partial charge in [0.25, 0.3) is 0 Å². The molecule has 0 aliphatic carbocycles. The molecule has 13 heteroatoms. The Labute approximate surface area is 209 Å². The first-order chi connectivity index (χ1) is 17.6. The molecule has 1 atom stereocenters. The number of nitrogens with two attached hydrogens (primary N) is 1. The summed E-state index contributed by atoms with van der Waals surface area (Å²) in [6.07, 6.45) is -3.79. The van der Waals surface area contributed by atoms with Gasteiger partial charge in [-0.2, -0.15) is 4.98 Å². The van der Waals surface area contributed by atoms with Crippen LogP contribution in [0.25, 0.3) is 10.9 Å². The van der Waals surface area contributed by atoms with Crippen LogP contribution in [0.1, 0.15) is 24.9 Å². The van der Waals surface area contributed by atoms with E-state index in [0.717, 1.165) is 11.6 Å². The molecule has 0 bridgehead atoms. The molecule has 2 aliphatic heterocycles. The summed E-state index contributed by atoms with van der Waals surface area (Å²) in [7, 11) is 0. The molecule has 1 amide bonds. The number of piperazine rings is 1. The minimum absolute atomic E-state index is 0.0189. The highest BCUT2D eigenvalue weighted by atomic mass is 19.3. The van der Waals surface area contributed by atoms with Crippen molar-refractivity contribution in [2.75, 3.05) is 43.4 Å². The maximum Gasteiger partial charge on any atom is 0.586 e. The average Bonchev–Trinajstić information content (AvgIpc) is 3.19. The fourth-order valence-electron chi connectivity index (χ4n) is 4.49. The normalized spacial score (nSPS) is 17.3. The lowest BCUT2D eigenvalue weighted by Gasteiger charge is -2.35. The number of benzene rings is 2. The Morgan fingerprint density at radius 2 is 1.84 bits per heavy atom. The molecule has 3 aromatic rings. The van der Waals surface area contributed by atoms with E-state index >= 15 is 0 Å². The Hall–Kier alpha value is -3.87. The highest BCUT2D eigenvalue weighted by Gasteiger charge is 2.46. The maximum atomic E-state index is 15.0. The molecule has 1 fully saturated rings.